The lowest BCUT2D eigenvalue weighted by Gasteiger charge is -2.27. The number of alkyl halides is 3. The third kappa shape index (κ3) is 6.87. The minimum absolute atomic E-state index is 0.203. The largest absolute Gasteiger partial charge is 0.494 e. The van der Waals surface area contributed by atoms with Crippen LogP contribution in [-0.2, 0) is 4.79 Å². The highest BCUT2D eigenvalue weighted by molar-refractivity contribution is 7.80. The van der Waals surface area contributed by atoms with Gasteiger partial charge in [-0.2, -0.15) is 0 Å². The van der Waals surface area contributed by atoms with Crippen LogP contribution < -0.4 is 20.7 Å². The van der Waals surface area contributed by atoms with E-state index >= 15 is 0 Å². The van der Waals surface area contributed by atoms with Crippen molar-refractivity contribution in [1.82, 2.24) is 10.6 Å². The fourth-order valence-corrected chi connectivity index (χ4v) is 2.07. The van der Waals surface area contributed by atoms with Crippen molar-refractivity contribution in [2.45, 2.75) is 23.8 Å². The second-order valence-electron chi connectivity index (χ2n) is 4.23. The molecule has 0 saturated heterocycles. The summed E-state index contributed by atoms with van der Waals surface area (Å²) in [4.78, 5) is 11.1. The van der Waals surface area contributed by atoms with E-state index in [0.717, 1.165) is 11.4 Å². The summed E-state index contributed by atoms with van der Waals surface area (Å²) in [7, 11) is 0. The number of ether oxygens (including phenoxy) is 1. The molecule has 0 fully saturated rings. The van der Waals surface area contributed by atoms with Gasteiger partial charge in [0.25, 0.3) is 0 Å². The number of benzene rings is 1. The van der Waals surface area contributed by atoms with Gasteiger partial charge in [0, 0.05) is 12.6 Å². The molecule has 1 aromatic rings. The van der Waals surface area contributed by atoms with Crippen LogP contribution in [0, 0.1) is 0 Å². The molecule has 0 aliphatic rings. The van der Waals surface area contributed by atoms with Crippen LogP contribution in [0.3, 0.4) is 0 Å². The van der Waals surface area contributed by atoms with E-state index in [1.807, 2.05) is 6.92 Å². The first-order chi connectivity index (χ1) is 10.2. The van der Waals surface area contributed by atoms with Crippen molar-refractivity contribution in [3.05, 3.63) is 24.3 Å². The van der Waals surface area contributed by atoms with E-state index in [-0.39, 0.29) is 11.0 Å². The maximum atomic E-state index is 11.1. The molecule has 1 atom stereocenters. The molecule has 0 spiro atoms. The van der Waals surface area contributed by atoms with Gasteiger partial charge in [-0.1, -0.05) is 34.8 Å². The Balaban J connectivity index is 2.65. The van der Waals surface area contributed by atoms with Crippen LogP contribution in [0.1, 0.15) is 13.8 Å². The molecule has 9 heteroatoms. The van der Waals surface area contributed by atoms with Gasteiger partial charge >= 0.3 is 0 Å². The average molecular weight is 385 g/mol. The smallest absolute Gasteiger partial charge is 0.228 e. The second kappa shape index (κ2) is 8.62. The zero-order chi connectivity index (χ0) is 16.8. The average Bonchev–Trinajstić information content (AvgIpc) is 2.39. The summed E-state index contributed by atoms with van der Waals surface area (Å²) in [6, 6.07) is 7.19. The highest BCUT2D eigenvalue weighted by Gasteiger charge is 2.33. The molecule has 1 rings (SSSR count). The van der Waals surface area contributed by atoms with E-state index in [1.54, 1.807) is 24.3 Å². The van der Waals surface area contributed by atoms with Gasteiger partial charge < -0.3 is 20.7 Å². The molecule has 122 valence electrons. The molecular weight excluding hydrogens is 369 g/mol. The molecule has 0 radical (unpaired) electrons. The molecule has 22 heavy (non-hydrogen) atoms. The van der Waals surface area contributed by atoms with Gasteiger partial charge in [-0.05, 0) is 43.4 Å². The molecule has 0 heterocycles. The van der Waals surface area contributed by atoms with Crippen LogP contribution in [0.5, 0.6) is 5.75 Å². The van der Waals surface area contributed by atoms with Gasteiger partial charge in [0.15, 0.2) is 5.11 Å². The van der Waals surface area contributed by atoms with E-state index in [9.17, 15) is 4.79 Å². The Labute approximate surface area is 149 Å². The fraction of sp³-hybridized carbons (Fsp3) is 0.385. The molecule has 0 aromatic heterocycles. The van der Waals surface area contributed by atoms with Gasteiger partial charge in [0.2, 0.25) is 9.70 Å². The molecular formula is C13H16Cl3N3O2S. The first-order valence-corrected chi connectivity index (χ1v) is 7.90. The molecule has 0 aliphatic heterocycles. The van der Waals surface area contributed by atoms with Crippen LogP contribution in [0.25, 0.3) is 0 Å². The Bertz CT molecular complexity index is 520. The quantitative estimate of drug-likeness (QED) is 0.413. The third-order valence-corrected chi connectivity index (χ3v) is 3.25. The summed E-state index contributed by atoms with van der Waals surface area (Å²) >= 11 is 22.5. The number of halogens is 3. The Morgan fingerprint density at radius 1 is 1.27 bits per heavy atom. The third-order valence-electron chi connectivity index (χ3n) is 2.37. The monoisotopic (exact) mass is 383 g/mol. The Hall–Kier alpha value is -0.950. The van der Waals surface area contributed by atoms with E-state index < -0.39 is 9.96 Å². The Morgan fingerprint density at radius 2 is 1.86 bits per heavy atom. The van der Waals surface area contributed by atoms with Crippen LogP contribution in [0.4, 0.5) is 5.69 Å². The van der Waals surface area contributed by atoms with Gasteiger partial charge in [0.1, 0.15) is 11.9 Å². The zero-order valence-corrected chi connectivity index (χ0v) is 15.0. The predicted molar refractivity (Wildman–Crippen MR) is 94.9 cm³/mol. The van der Waals surface area contributed by atoms with Crippen molar-refractivity contribution in [1.29, 1.82) is 0 Å². The van der Waals surface area contributed by atoms with Crippen LogP contribution in [0.2, 0.25) is 0 Å². The summed E-state index contributed by atoms with van der Waals surface area (Å²) < 4.78 is 3.59. The molecule has 3 N–H and O–H groups in total. The van der Waals surface area contributed by atoms with Crippen molar-refractivity contribution >= 4 is 63.7 Å². The van der Waals surface area contributed by atoms with E-state index in [1.165, 1.54) is 6.92 Å². The molecule has 1 unspecified atom stereocenters. The lowest BCUT2D eigenvalue weighted by molar-refractivity contribution is -0.119. The number of anilines is 1. The van der Waals surface area contributed by atoms with E-state index in [4.69, 9.17) is 51.8 Å². The normalized spacial score (nSPS) is 12.2. The number of carbonyl (C=O) groups is 1. The zero-order valence-electron chi connectivity index (χ0n) is 12.0. The van der Waals surface area contributed by atoms with E-state index in [2.05, 4.69) is 16.0 Å². The maximum absolute atomic E-state index is 11.1. The summed E-state index contributed by atoms with van der Waals surface area (Å²) in [5, 5.41) is 8.33. The molecule has 0 saturated carbocycles. The van der Waals surface area contributed by atoms with E-state index in [0.29, 0.717) is 6.61 Å². The fourth-order valence-electron chi connectivity index (χ4n) is 1.50. The maximum Gasteiger partial charge on any atom is 0.228 e. The van der Waals surface area contributed by atoms with Crippen molar-refractivity contribution in [3.8, 4) is 5.75 Å². The van der Waals surface area contributed by atoms with Gasteiger partial charge in [0.05, 0.1) is 6.61 Å². The summed E-state index contributed by atoms with van der Waals surface area (Å²) in [5.41, 5.74) is 0.729. The highest BCUT2D eigenvalue weighted by Crippen LogP contribution is 2.29. The molecule has 1 amide bonds. The summed E-state index contributed by atoms with van der Waals surface area (Å²) in [6.07, 6.45) is -0.960. The standard InChI is InChI=1S/C13H16Cl3N3O2S/c1-3-21-10-6-4-9(5-7-10)18-12(22)19-11(13(14,15)16)17-8(2)20/h4-7,11H,3H2,1-2H3,(H,17,20)(H2,18,19,22). The number of nitrogens with one attached hydrogen (secondary N) is 3. The summed E-state index contributed by atoms with van der Waals surface area (Å²) in [5.74, 6) is 0.400. The van der Waals surface area contributed by atoms with Gasteiger partial charge in [-0.25, -0.2) is 0 Å². The minimum atomic E-state index is -1.75. The SMILES string of the molecule is CCOc1ccc(NC(=S)NC(NC(C)=O)C(Cl)(Cl)Cl)cc1. The number of carbonyl (C=O) groups excluding carboxylic acids is 1. The predicted octanol–water partition coefficient (Wildman–Crippen LogP) is 3.20. The number of hydrogen-bond acceptors (Lipinski definition) is 3. The molecule has 5 nitrogen and oxygen atoms in total. The van der Waals surface area contributed by atoms with Crippen molar-refractivity contribution in [2.24, 2.45) is 0 Å². The van der Waals surface area contributed by atoms with Crippen LogP contribution in [0.15, 0.2) is 24.3 Å². The minimum Gasteiger partial charge on any atom is -0.494 e. The first-order valence-electron chi connectivity index (χ1n) is 6.36. The number of rotatable bonds is 5. The number of thiocarbonyl (C=S) groups is 1. The second-order valence-corrected chi connectivity index (χ2v) is 7.01. The molecule has 0 bridgehead atoms. The molecule has 0 aliphatic carbocycles. The lowest BCUT2D eigenvalue weighted by Crippen LogP contribution is -2.55. The first kappa shape index (κ1) is 19.1. The Morgan fingerprint density at radius 3 is 2.32 bits per heavy atom. The molecule has 1 aromatic carbocycles. The lowest BCUT2D eigenvalue weighted by atomic mass is 10.3. The summed E-state index contributed by atoms with van der Waals surface area (Å²) in [6.45, 7) is 3.81. The van der Waals surface area contributed by atoms with Crippen LogP contribution >= 0.6 is 47.0 Å². The van der Waals surface area contributed by atoms with Crippen molar-refractivity contribution in [2.75, 3.05) is 11.9 Å². The Kier molecular flexibility index (Phi) is 7.48. The highest BCUT2D eigenvalue weighted by atomic mass is 35.6. The van der Waals surface area contributed by atoms with Crippen molar-refractivity contribution < 1.29 is 9.53 Å². The van der Waals surface area contributed by atoms with Gasteiger partial charge in [-0.3, -0.25) is 4.79 Å². The van der Waals surface area contributed by atoms with Crippen LogP contribution in [-0.4, -0.2) is 27.6 Å². The van der Waals surface area contributed by atoms with Crippen molar-refractivity contribution in [3.63, 3.8) is 0 Å². The topological polar surface area (TPSA) is 62.4 Å². The number of hydrogen-bond donors (Lipinski definition) is 3. The number of amides is 1. The van der Waals surface area contributed by atoms with Gasteiger partial charge in [-0.15, -0.1) is 0 Å².